The highest BCUT2D eigenvalue weighted by atomic mass is 16.5. The van der Waals surface area contributed by atoms with E-state index in [1.165, 1.54) is 6.42 Å². The minimum absolute atomic E-state index is 0.0825. The van der Waals surface area contributed by atoms with Crippen LogP contribution in [0.3, 0.4) is 0 Å². The molecule has 2 saturated heterocycles. The number of morpholine rings is 1. The standard InChI is InChI=1S/C15H27N3O3/c1-13(15(20)18-6-4-3-5-7-18)16(2)12-14(19)17-8-10-21-11-9-17/h13H,3-12H2,1-2H3/t13-/m0/s1. The minimum atomic E-state index is -0.243. The average Bonchev–Trinajstić information content (AvgIpc) is 2.55. The molecule has 2 heterocycles. The van der Waals surface area contributed by atoms with E-state index < -0.39 is 0 Å². The lowest BCUT2D eigenvalue weighted by atomic mass is 10.1. The van der Waals surface area contributed by atoms with Crippen molar-refractivity contribution in [2.24, 2.45) is 0 Å². The van der Waals surface area contributed by atoms with Crippen LogP contribution in [-0.4, -0.2) is 85.5 Å². The largest absolute Gasteiger partial charge is 0.378 e. The number of rotatable bonds is 4. The summed E-state index contributed by atoms with van der Waals surface area (Å²) in [4.78, 5) is 30.3. The van der Waals surface area contributed by atoms with Gasteiger partial charge in [0.1, 0.15) is 0 Å². The van der Waals surface area contributed by atoms with Crippen LogP contribution in [0.25, 0.3) is 0 Å². The Balaban J connectivity index is 1.81. The summed E-state index contributed by atoms with van der Waals surface area (Å²) in [6, 6.07) is -0.243. The van der Waals surface area contributed by atoms with Gasteiger partial charge in [0, 0.05) is 26.2 Å². The van der Waals surface area contributed by atoms with Crippen LogP contribution in [0.4, 0.5) is 0 Å². The van der Waals surface area contributed by atoms with Crippen LogP contribution >= 0.6 is 0 Å². The fraction of sp³-hybridized carbons (Fsp3) is 0.867. The number of hydrogen-bond donors (Lipinski definition) is 0. The number of likely N-dealkylation sites (tertiary alicyclic amines) is 1. The van der Waals surface area contributed by atoms with Gasteiger partial charge in [-0.2, -0.15) is 0 Å². The van der Waals surface area contributed by atoms with E-state index in [4.69, 9.17) is 4.74 Å². The van der Waals surface area contributed by atoms with Crippen molar-refractivity contribution in [1.29, 1.82) is 0 Å². The summed E-state index contributed by atoms with van der Waals surface area (Å²) in [5.41, 5.74) is 0. The number of hydrogen-bond acceptors (Lipinski definition) is 4. The van der Waals surface area contributed by atoms with Crippen molar-refractivity contribution in [3.8, 4) is 0 Å². The second kappa shape index (κ2) is 7.75. The van der Waals surface area contributed by atoms with Crippen molar-refractivity contribution < 1.29 is 14.3 Å². The second-order valence-corrected chi connectivity index (χ2v) is 5.97. The second-order valence-electron chi connectivity index (χ2n) is 5.97. The molecule has 0 N–H and O–H groups in total. The molecule has 0 saturated carbocycles. The molecule has 0 spiro atoms. The van der Waals surface area contributed by atoms with E-state index in [-0.39, 0.29) is 17.9 Å². The monoisotopic (exact) mass is 297 g/mol. The first-order chi connectivity index (χ1) is 10.1. The van der Waals surface area contributed by atoms with Gasteiger partial charge >= 0.3 is 0 Å². The van der Waals surface area contributed by atoms with E-state index in [9.17, 15) is 9.59 Å². The zero-order valence-electron chi connectivity index (χ0n) is 13.2. The molecule has 0 radical (unpaired) electrons. The molecule has 0 aromatic rings. The fourth-order valence-corrected chi connectivity index (χ4v) is 2.83. The lowest BCUT2D eigenvalue weighted by Gasteiger charge is -2.34. The Kier molecular flexibility index (Phi) is 5.99. The van der Waals surface area contributed by atoms with Crippen LogP contribution in [0.2, 0.25) is 0 Å². The molecule has 21 heavy (non-hydrogen) atoms. The molecular formula is C15H27N3O3. The molecule has 0 unspecified atom stereocenters. The number of nitrogens with zero attached hydrogens (tertiary/aromatic N) is 3. The first-order valence-corrected chi connectivity index (χ1v) is 7.94. The van der Waals surface area contributed by atoms with Crippen molar-refractivity contribution in [1.82, 2.24) is 14.7 Å². The molecule has 1 atom stereocenters. The van der Waals surface area contributed by atoms with Crippen molar-refractivity contribution in [2.45, 2.75) is 32.2 Å². The maximum Gasteiger partial charge on any atom is 0.239 e. The predicted octanol–water partition coefficient (Wildman–Crippen LogP) is 0.178. The Hall–Kier alpha value is -1.14. The van der Waals surface area contributed by atoms with Gasteiger partial charge in [-0.25, -0.2) is 0 Å². The highest BCUT2D eigenvalue weighted by Gasteiger charge is 2.27. The molecular weight excluding hydrogens is 270 g/mol. The Morgan fingerprint density at radius 2 is 1.67 bits per heavy atom. The van der Waals surface area contributed by atoms with Gasteiger partial charge in [0.2, 0.25) is 11.8 Å². The van der Waals surface area contributed by atoms with Gasteiger partial charge < -0.3 is 14.5 Å². The van der Waals surface area contributed by atoms with Crippen molar-refractivity contribution in [3.63, 3.8) is 0 Å². The molecule has 0 aromatic carbocycles. The highest BCUT2D eigenvalue weighted by molar-refractivity contribution is 5.83. The van der Waals surface area contributed by atoms with Crippen LogP contribution < -0.4 is 0 Å². The van der Waals surface area contributed by atoms with Gasteiger partial charge in [0.05, 0.1) is 25.8 Å². The quantitative estimate of drug-likeness (QED) is 0.743. The third-order valence-electron chi connectivity index (χ3n) is 4.43. The Morgan fingerprint density at radius 1 is 1.05 bits per heavy atom. The molecule has 0 bridgehead atoms. The lowest BCUT2D eigenvalue weighted by molar-refractivity contribution is -0.140. The fourth-order valence-electron chi connectivity index (χ4n) is 2.83. The zero-order valence-corrected chi connectivity index (χ0v) is 13.2. The predicted molar refractivity (Wildman–Crippen MR) is 79.9 cm³/mol. The normalized spacial score (nSPS) is 21.5. The Labute approximate surface area is 127 Å². The van der Waals surface area contributed by atoms with Crippen LogP contribution in [0, 0.1) is 0 Å². The molecule has 120 valence electrons. The minimum Gasteiger partial charge on any atom is -0.378 e. The van der Waals surface area contributed by atoms with E-state index in [1.807, 2.05) is 28.7 Å². The van der Waals surface area contributed by atoms with Crippen LogP contribution in [0.5, 0.6) is 0 Å². The topological polar surface area (TPSA) is 53.1 Å². The highest BCUT2D eigenvalue weighted by Crippen LogP contribution is 2.12. The van der Waals surface area contributed by atoms with E-state index in [0.717, 1.165) is 25.9 Å². The molecule has 0 aliphatic carbocycles. The van der Waals surface area contributed by atoms with Gasteiger partial charge in [-0.15, -0.1) is 0 Å². The molecule has 6 nitrogen and oxygen atoms in total. The SMILES string of the molecule is C[C@@H](C(=O)N1CCCCC1)N(C)CC(=O)N1CCOCC1. The molecule has 2 amide bonds. The summed E-state index contributed by atoms with van der Waals surface area (Å²) in [6.45, 7) is 6.42. The number of amides is 2. The zero-order chi connectivity index (χ0) is 15.2. The first-order valence-electron chi connectivity index (χ1n) is 7.94. The summed E-state index contributed by atoms with van der Waals surface area (Å²) >= 11 is 0. The van der Waals surface area contributed by atoms with Crippen molar-refractivity contribution in [2.75, 3.05) is 53.0 Å². The number of piperidine rings is 1. The molecule has 2 aliphatic rings. The van der Waals surface area contributed by atoms with Crippen LogP contribution in [0.15, 0.2) is 0 Å². The number of likely N-dealkylation sites (N-methyl/N-ethyl adjacent to an activating group) is 1. The van der Waals surface area contributed by atoms with Crippen LogP contribution in [0.1, 0.15) is 26.2 Å². The smallest absolute Gasteiger partial charge is 0.239 e. The van der Waals surface area contributed by atoms with Crippen molar-refractivity contribution >= 4 is 11.8 Å². The molecule has 0 aromatic heterocycles. The average molecular weight is 297 g/mol. The first kappa shape index (κ1) is 16.2. The van der Waals surface area contributed by atoms with E-state index in [0.29, 0.717) is 32.8 Å². The van der Waals surface area contributed by atoms with E-state index >= 15 is 0 Å². The molecule has 2 fully saturated rings. The summed E-state index contributed by atoms with van der Waals surface area (Å²) in [5.74, 6) is 0.228. The van der Waals surface area contributed by atoms with Gasteiger partial charge in [-0.05, 0) is 33.2 Å². The van der Waals surface area contributed by atoms with Gasteiger partial charge in [-0.3, -0.25) is 14.5 Å². The molecule has 6 heteroatoms. The summed E-state index contributed by atoms with van der Waals surface area (Å²) in [6.07, 6.45) is 3.40. The summed E-state index contributed by atoms with van der Waals surface area (Å²) < 4.78 is 5.25. The number of ether oxygens (including phenoxy) is 1. The lowest BCUT2D eigenvalue weighted by Crippen LogP contribution is -2.51. The third kappa shape index (κ3) is 4.41. The maximum atomic E-state index is 12.4. The third-order valence-corrected chi connectivity index (χ3v) is 4.43. The van der Waals surface area contributed by atoms with Crippen LogP contribution in [-0.2, 0) is 14.3 Å². The van der Waals surface area contributed by atoms with Gasteiger partial charge in [-0.1, -0.05) is 0 Å². The maximum absolute atomic E-state index is 12.4. The number of carbonyl (C=O) groups excluding carboxylic acids is 2. The van der Waals surface area contributed by atoms with Crippen molar-refractivity contribution in [3.05, 3.63) is 0 Å². The Morgan fingerprint density at radius 3 is 2.29 bits per heavy atom. The van der Waals surface area contributed by atoms with E-state index in [1.54, 1.807) is 0 Å². The summed E-state index contributed by atoms with van der Waals surface area (Å²) in [5, 5.41) is 0. The van der Waals surface area contributed by atoms with Gasteiger partial charge in [0.15, 0.2) is 0 Å². The van der Waals surface area contributed by atoms with Gasteiger partial charge in [0.25, 0.3) is 0 Å². The Bertz CT molecular complexity index is 363. The molecule has 2 rings (SSSR count). The summed E-state index contributed by atoms with van der Waals surface area (Å²) in [7, 11) is 1.85. The number of carbonyl (C=O) groups is 2. The molecule has 2 aliphatic heterocycles. The van der Waals surface area contributed by atoms with E-state index in [2.05, 4.69) is 0 Å².